The first-order valence-electron chi connectivity index (χ1n) is 15.4. The molecule has 6 aromatic rings. The normalized spacial score (nSPS) is 13.7. The fourth-order valence-corrected chi connectivity index (χ4v) is 8.18. The van der Waals surface area contributed by atoms with Crippen LogP contribution in [-0.4, -0.2) is 28.8 Å². The van der Waals surface area contributed by atoms with Crippen LogP contribution in [0.15, 0.2) is 145 Å². The molecule has 5 aromatic carbocycles. The molecule has 11 heteroatoms. The lowest BCUT2D eigenvalue weighted by atomic mass is 10.0. The van der Waals surface area contributed by atoms with Crippen molar-refractivity contribution >= 4 is 50.9 Å². The molecule has 0 aliphatic carbocycles. The first-order valence-corrected chi connectivity index (χ1v) is 18.6. The van der Waals surface area contributed by atoms with Crippen molar-refractivity contribution in [2.75, 3.05) is 10.1 Å². The van der Waals surface area contributed by atoms with Crippen molar-refractivity contribution in [2.45, 2.75) is 17.7 Å². The molecule has 2 N–H and O–H groups in total. The van der Waals surface area contributed by atoms with E-state index in [1.165, 1.54) is 10.5 Å². The lowest BCUT2D eigenvalue weighted by molar-refractivity contribution is 0.392. The summed E-state index contributed by atoms with van der Waals surface area (Å²) in [5.74, 6) is 1.28. The molecule has 0 bridgehead atoms. The third-order valence-electron chi connectivity index (χ3n) is 8.07. The van der Waals surface area contributed by atoms with Gasteiger partial charge in [0.25, 0.3) is 0 Å². The predicted molar refractivity (Wildman–Crippen MR) is 200 cm³/mol. The summed E-state index contributed by atoms with van der Waals surface area (Å²) in [4.78, 5) is 6.22. The minimum atomic E-state index is -3.96. The molecule has 49 heavy (non-hydrogen) atoms. The number of benzene rings is 5. The Labute approximate surface area is 299 Å². The van der Waals surface area contributed by atoms with E-state index in [1.807, 2.05) is 40.7 Å². The molecule has 0 amide bonds. The zero-order chi connectivity index (χ0) is 34.0. The number of aliphatic hydroxyl groups is 1. The molecule has 7 nitrogen and oxygen atoms in total. The summed E-state index contributed by atoms with van der Waals surface area (Å²) in [6.07, 6.45) is 4.52. The van der Waals surface area contributed by atoms with E-state index in [0.717, 1.165) is 50.8 Å². The number of nitrogens with zero attached hydrogens (tertiary/aromatic N) is 3. The third kappa shape index (κ3) is 7.50. The van der Waals surface area contributed by atoms with Gasteiger partial charge in [0.05, 0.1) is 22.6 Å². The van der Waals surface area contributed by atoms with Gasteiger partial charge in [-0.15, -0.1) is 11.8 Å². The number of halogens is 2. The summed E-state index contributed by atoms with van der Waals surface area (Å²) in [6.45, 7) is 0. The Kier molecular flexibility index (Phi) is 9.42. The van der Waals surface area contributed by atoms with Gasteiger partial charge in [0, 0.05) is 39.5 Å². The third-order valence-corrected chi connectivity index (χ3v) is 10.9. The van der Waals surface area contributed by atoms with Gasteiger partial charge in [-0.1, -0.05) is 96.0 Å². The molecule has 1 aliphatic heterocycles. The Morgan fingerprint density at radius 2 is 1.55 bits per heavy atom. The van der Waals surface area contributed by atoms with Crippen molar-refractivity contribution in [2.24, 2.45) is 0 Å². The number of aromatic nitrogens is 2. The van der Waals surface area contributed by atoms with Gasteiger partial charge in [-0.25, -0.2) is 14.0 Å². The standard InChI is InChI=1S/C38H30Cl2N4O3S2/c39-30-16-17-34(35(40)22-30)36-24-43(31-9-5-10-32(23-31)44-25-38(45)42-49(44,46)47)37(41-36)20-27-12-14-28(15-13-27)29-8-4-11-33(21-29)48-19-18-26-6-2-1-3-7-26/h1-17,21-25,42,45H,18-20H2. The molecule has 0 fully saturated rings. The first-order chi connectivity index (χ1) is 23.7. The van der Waals surface area contributed by atoms with Gasteiger partial charge in [0.2, 0.25) is 5.88 Å². The highest BCUT2D eigenvalue weighted by atomic mass is 35.5. The Bertz CT molecular complexity index is 2270. The number of imidazole rings is 1. The summed E-state index contributed by atoms with van der Waals surface area (Å²) in [7, 11) is -3.96. The highest BCUT2D eigenvalue weighted by Gasteiger charge is 2.29. The number of rotatable bonds is 10. The average Bonchev–Trinajstić information content (AvgIpc) is 3.64. The van der Waals surface area contributed by atoms with Crippen molar-refractivity contribution in [1.29, 1.82) is 0 Å². The van der Waals surface area contributed by atoms with E-state index in [-0.39, 0.29) is 0 Å². The second-order valence-electron chi connectivity index (χ2n) is 11.5. The fourth-order valence-electron chi connectivity index (χ4n) is 5.67. The van der Waals surface area contributed by atoms with Gasteiger partial charge in [-0.05, 0) is 77.2 Å². The van der Waals surface area contributed by atoms with Gasteiger partial charge in [-0.2, -0.15) is 8.42 Å². The molecule has 0 radical (unpaired) electrons. The average molecular weight is 726 g/mol. The highest BCUT2D eigenvalue weighted by molar-refractivity contribution is 7.99. The maximum atomic E-state index is 12.6. The number of thioether (sulfide) groups is 1. The van der Waals surface area contributed by atoms with Crippen LogP contribution >= 0.6 is 35.0 Å². The van der Waals surface area contributed by atoms with E-state index in [1.54, 1.807) is 30.3 Å². The Morgan fingerprint density at radius 3 is 2.31 bits per heavy atom. The second-order valence-corrected chi connectivity index (χ2v) is 15.0. The largest absolute Gasteiger partial charge is 0.493 e. The quantitative estimate of drug-likeness (QED) is 0.138. The topological polar surface area (TPSA) is 87.5 Å². The zero-order valence-electron chi connectivity index (χ0n) is 26.0. The highest BCUT2D eigenvalue weighted by Crippen LogP contribution is 2.33. The van der Waals surface area contributed by atoms with Crippen LogP contribution in [0.1, 0.15) is 17.0 Å². The molecular weight excluding hydrogens is 695 g/mol. The van der Waals surface area contributed by atoms with Crippen molar-refractivity contribution in [3.8, 4) is 28.1 Å². The van der Waals surface area contributed by atoms with Crippen LogP contribution in [0, 0.1) is 0 Å². The summed E-state index contributed by atoms with van der Waals surface area (Å²) in [5, 5.41) is 10.8. The predicted octanol–water partition coefficient (Wildman–Crippen LogP) is 9.45. The number of hydrogen-bond acceptors (Lipinski definition) is 5. The smallest absolute Gasteiger partial charge is 0.330 e. The second kappa shape index (κ2) is 14.1. The molecular formula is C38H30Cl2N4O3S2. The SMILES string of the molecule is O=S1(=O)NC(O)=CN1c1cccc(-n2cc(-c3ccc(Cl)cc3Cl)nc2Cc2ccc(-c3cccc(SCCc4ccccc4)c3)cc2)c1. The summed E-state index contributed by atoms with van der Waals surface area (Å²) >= 11 is 14.6. The number of nitrogens with one attached hydrogen (secondary N) is 1. The van der Waals surface area contributed by atoms with Gasteiger partial charge in [0.1, 0.15) is 5.82 Å². The number of aliphatic hydroxyl groups excluding tert-OH is 1. The number of aryl methyl sites for hydroxylation is 1. The molecule has 1 aliphatic rings. The van der Waals surface area contributed by atoms with Crippen LogP contribution < -0.4 is 9.03 Å². The molecule has 1 aromatic heterocycles. The maximum absolute atomic E-state index is 12.6. The number of anilines is 1. The van der Waals surface area contributed by atoms with Gasteiger partial charge >= 0.3 is 10.2 Å². The summed E-state index contributed by atoms with van der Waals surface area (Å²) in [6, 6.07) is 39.9. The van der Waals surface area contributed by atoms with E-state index >= 15 is 0 Å². The van der Waals surface area contributed by atoms with Crippen molar-refractivity contribution in [3.05, 3.63) is 167 Å². The van der Waals surface area contributed by atoms with Crippen LogP contribution in [0.2, 0.25) is 10.0 Å². The lowest BCUT2D eigenvalue weighted by Gasteiger charge is -2.16. The monoisotopic (exact) mass is 724 g/mol. The van der Waals surface area contributed by atoms with Crippen molar-refractivity contribution in [3.63, 3.8) is 0 Å². The molecule has 7 rings (SSSR count). The Morgan fingerprint density at radius 1 is 0.776 bits per heavy atom. The van der Waals surface area contributed by atoms with Gasteiger partial charge < -0.3 is 9.67 Å². The molecule has 0 unspecified atom stereocenters. The van der Waals surface area contributed by atoms with Gasteiger partial charge in [0.15, 0.2) is 0 Å². The van der Waals surface area contributed by atoms with E-state index < -0.39 is 16.1 Å². The minimum Gasteiger partial charge on any atom is -0.493 e. The van der Waals surface area contributed by atoms with Crippen LogP contribution in [-0.2, 0) is 23.1 Å². The van der Waals surface area contributed by atoms with E-state index in [0.29, 0.717) is 33.5 Å². The Balaban J connectivity index is 1.16. The maximum Gasteiger partial charge on any atom is 0.330 e. The number of hydrogen-bond donors (Lipinski definition) is 2. The molecule has 0 atom stereocenters. The van der Waals surface area contributed by atoms with Crippen LogP contribution in [0.25, 0.3) is 28.1 Å². The van der Waals surface area contributed by atoms with Crippen LogP contribution in [0.3, 0.4) is 0 Å². The zero-order valence-corrected chi connectivity index (χ0v) is 29.1. The fraction of sp³-hybridized carbons (Fsp3) is 0.0789. The van der Waals surface area contributed by atoms with Gasteiger partial charge in [-0.3, -0.25) is 0 Å². The summed E-state index contributed by atoms with van der Waals surface area (Å²) in [5.41, 5.74) is 7.07. The van der Waals surface area contributed by atoms with E-state index in [9.17, 15) is 13.5 Å². The van der Waals surface area contributed by atoms with Crippen LogP contribution in [0.4, 0.5) is 5.69 Å². The molecule has 0 saturated heterocycles. The molecule has 0 saturated carbocycles. The van der Waals surface area contributed by atoms with E-state index in [4.69, 9.17) is 28.2 Å². The van der Waals surface area contributed by atoms with Crippen molar-refractivity contribution in [1.82, 2.24) is 14.3 Å². The Hall–Kier alpha value is -4.67. The first kappa shape index (κ1) is 32.9. The minimum absolute atomic E-state index is 0.351. The molecule has 2 heterocycles. The lowest BCUT2D eigenvalue weighted by Crippen LogP contribution is -2.29. The molecule has 246 valence electrons. The molecule has 0 spiro atoms. The van der Waals surface area contributed by atoms with Crippen LogP contribution in [0.5, 0.6) is 0 Å². The van der Waals surface area contributed by atoms with E-state index in [2.05, 4.69) is 77.5 Å². The van der Waals surface area contributed by atoms with Crippen molar-refractivity contribution < 1.29 is 13.5 Å². The summed E-state index contributed by atoms with van der Waals surface area (Å²) < 4.78 is 30.2.